The number of rotatable bonds is 10. The normalized spacial score (nSPS) is 14.5. The lowest BCUT2D eigenvalue weighted by atomic mass is 10.1. The van der Waals surface area contributed by atoms with Crippen molar-refractivity contribution >= 4 is 22.9 Å². The van der Waals surface area contributed by atoms with E-state index in [4.69, 9.17) is 9.47 Å². The Balaban J connectivity index is 1.61. The second-order valence-electron chi connectivity index (χ2n) is 9.08. The molecule has 11 nitrogen and oxygen atoms in total. The number of hydrogen-bond donors (Lipinski definition) is 1. The lowest BCUT2D eigenvalue weighted by Crippen LogP contribution is -2.39. The number of pyridine rings is 2. The summed E-state index contributed by atoms with van der Waals surface area (Å²) in [4.78, 5) is 43.6. The van der Waals surface area contributed by atoms with Crippen LogP contribution < -0.4 is 15.6 Å². The fraction of sp³-hybridized carbons (Fsp3) is 0.500. The molecular weight excluding hydrogens is 474 g/mol. The van der Waals surface area contributed by atoms with E-state index in [2.05, 4.69) is 32.2 Å². The Kier molecular flexibility index (Phi) is 9.02. The van der Waals surface area contributed by atoms with Crippen LogP contribution in [0.25, 0.3) is 22.3 Å². The van der Waals surface area contributed by atoms with Crippen LogP contribution in [-0.2, 0) is 16.1 Å². The molecule has 0 saturated carbocycles. The van der Waals surface area contributed by atoms with E-state index in [-0.39, 0.29) is 23.8 Å². The summed E-state index contributed by atoms with van der Waals surface area (Å²) in [6, 6.07) is 5.54. The summed E-state index contributed by atoms with van der Waals surface area (Å²) in [5.41, 5.74) is 2.32. The number of anilines is 1. The first kappa shape index (κ1) is 26.5. The van der Waals surface area contributed by atoms with Crippen molar-refractivity contribution in [2.75, 3.05) is 65.4 Å². The molecule has 3 aromatic heterocycles. The minimum absolute atomic E-state index is 0.000598. The molecule has 1 amide bonds. The number of carbonyl (C=O) groups is 1. The van der Waals surface area contributed by atoms with Crippen LogP contribution in [0.1, 0.15) is 19.8 Å². The zero-order valence-corrected chi connectivity index (χ0v) is 21.8. The van der Waals surface area contributed by atoms with Crippen molar-refractivity contribution in [3.63, 3.8) is 0 Å². The van der Waals surface area contributed by atoms with Crippen molar-refractivity contribution in [3.05, 3.63) is 40.9 Å². The van der Waals surface area contributed by atoms with E-state index < -0.39 is 0 Å². The van der Waals surface area contributed by atoms with Crippen molar-refractivity contribution in [2.24, 2.45) is 0 Å². The molecule has 0 aromatic carbocycles. The molecule has 0 bridgehead atoms. The lowest BCUT2D eigenvalue weighted by Gasteiger charge is -2.21. The summed E-state index contributed by atoms with van der Waals surface area (Å²) in [6.07, 6.45) is 5.22. The van der Waals surface area contributed by atoms with Gasteiger partial charge in [-0.1, -0.05) is 6.92 Å². The van der Waals surface area contributed by atoms with Crippen molar-refractivity contribution in [1.29, 1.82) is 0 Å². The topological polar surface area (TPSA) is 115 Å². The Bertz CT molecular complexity index is 1260. The molecule has 11 heteroatoms. The molecule has 1 saturated heterocycles. The van der Waals surface area contributed by atoms with Crippen LogP contribution in [0.2, 0.25) is 0 Å². The zero-order valence-electron chi connectivity index (χ0n) is 21.8. The molecule has 4 rings (SSSR count). The van der Waals surface area contributed by atoms with Gasteiger partial charge in [-0.05, 0) is 38.6 Å². The van der Waals surface area contributed by atoms with Crippen molar-refractivity contribution < 1.29 is 14.3 Å². The molecular formula is C26H35N7O4. The molecule has 1 fully saturated rings. The number of hydrogen-bond acceptors (Lipinski definition) is 9. The lowest BCUT2D eigenvalue weighted by molar-refractivity contribution is -0.129. The third-order valence-electron chi connectivity index (χ3n) is 6.37. The Morgan fingerprint density at radius 2 is 1.92 bits per heavy atom. The summed E-state index contributed by atoms with van der Waals surface area (Å²) in [5.74, 6) is 0.570. The Labute approximate surface area is 216 Å². The Morgan fingerprint density at radius 1 is 1.08 bits per heavy atom. The first-order valence-corrected chi connectivity index (χ1v) is 12.7. The monoisotopic (exact) mass is 509 g/mol. The smallest absolute Gasteiger partial charge is 0.293 e. The van der Waals surface area contributed by atoms with E-state index in [9.17, 15) is 9.59 Å². The molecule has 0 unspecified atom stereocenters. The molecule has 1 aliphatic heterocycles. The first-order valence-electron chi connectivity index (χ1n) is 12.7. The van der Waals surface area contributed by atoms with Crippen molar-refractivity contribution in [3.8, 4) is 17.0 Å². The molecule has 0 aliphatic carbocycles. The van der Waals surface area contributed by atoms with Crippen LogP contribution in [0.5, 0.6) is 5.88 Å². The number of fused-ring (bicyclic) bond motifs is 1. The van der Waals surface area contributed by atoms with Crippen molar-refractivity contribution in [1.82, 2.24) is 29.3 Å². The van der Waals surface area contributed by atoms with Gasteiger partial charge < -0.3 is 24.6 Å². The van der Waals surface area contributed by atoms with Gasteiger partial charge in [-0.3, -0.25) is 14.2 Å². The molecule has 1 aliphatic rings. The number of nitrogens with one attached hydrogen (secondary N) is 1. The maximum Gasteiger partial charge on any atom is 0.293 e. The average molecular weight is 510 g/mol. The molecule has 198 valence electrons. The number of ether oxygens (including phenoxy) is 2. The molecule has 0 spiro atoms. The van der Waals surface area contributed by atoms with Gasteiger partial charge in [0.05, 0.1) is 25.8 Å². The Hall–Kier alpha value is -3.57. The van der Waals surface area contributed by atoms with Gasteiger partial charge in [-0.15, -0.1) is 0 Å². The number of amides is 1. The minimum Gasteiger partial charge on any atom is -0.481 e. The molecule has 3 aromatic rings. The molecule has 0 atom stereocenters. The minimum atomic E-state index is -0.317. The standard InChI is InChI=1S/C26H35N7O4/c1-4-13-37-14-12-33-21-15-20(19-6-7-22(36-3)27-16-19)17-28-24(21)30-25(26(33)35)29-18-23(34)32-9-5-8-31(2)10-11-32/h6-7,15-17H,4-5,8-14,18H2,1-3H3,(H,28,29,30). The van der Waals surface area contributed by atoms with Crippen LogP contribution >= 0.6 is 0 Å². The Morgan fingerprint density at radius 3 is 2.68 bits per heavy atom. The fourth-order valence-corrected chi connectivity index (χ4v) is 4.26. The highest BCUT2D eigenvalue weighted by molar-refractivity contribution is 5.82. The van der Waals surface area contributed by atoms with Gasteiger partial charge >= 0.3 is 0 Å². The predicted molar refractivity (Wildman–Crippen MR) is 142 cm³/mol. The maximum absolute atomic E-state index is 13.5. The van der Waals surface area contributed by atoms with Gasteiger partial charge in [0.25, 0.3) is 5.56 Å². The quantitative estimate of drug-likeness (QED) is 0.409. The van der Waals surface area contributed by atoms with Gasteiger partial charge in [-0.2, -0.15) is 0 Å². The maximum atomic E-state index is 13.5. The third kappa shape index (κ3) is 6.60. The van der Waals surface area contributed by atoms with E-state index >= 15 is 0 Å². The van der Waals surface area contributed by atoms with Crippen LogP contribution in [0.15, 0.2) is 35.4 Å². The summed E-state index contributed by atoms with van der Waals surface area (Å²) < 4.78 is 12.4. The summed E-state index contributed by atoms with van der Waals surface area (Å²) in [5, 5.41) is 2.98. The summed E-state index contributed by atoms with van der Waals surface area (Å²) in [6.45, 7) is 6.54. The van der Waals surface area contributed by atoms with E-state index in [1.807, 2.05) is 24.0 Å². The van der Waals surface area contributed by atoms with E-state index in [0.717, 1.165) is 37.1 Å². The number of methoxy groups -OCH3 is 1. The van der Waals surface area contributed by atoms with Gasteiger partial charge in [0.15, 0.2) is 11.5 Å². The zero-order chi connectivity index (χ0) is 26.2. The van der Waals surface area contributed by atoms with Crippen LogP contribution in [0.3, 0.4) is 0 Å². The molecule has 1 N–H and O–H groups in total. The SMILES string of the molecule is CCCOCCn1c(=O)c(NCC(=O)N2CCCN(C)CC2)nc2ncc(-c3ccc(OC)nc3)cc21. The van der Waals surface area contributed by atoms with E-state index in [0.29, 0.717) is 49.9 Å². The van der Waals surface area contributed by atoms with Gasteiger partial charge in [-0.25, -0.2) is 15.0 Å². The van der Waals surface area contributed by atoms with Crippen LogP contribution in [0.4, 0.5) is 5.82 Å². The number of likely N-dealkylation sites (N-methyl/N-ethyl adjacent to an activating group) is 1. The first-order chi connectivity index (χ1) is 18.0. The van der Waals surface area contributed by atoms with Crippen LogP contribution in [-0.4, -0.2) is 95.3 Å². The second-order valence-corrected chi connectivity index (χ2v) is 9.08. The van der Waals surface area contributed by atoms with E-state index in [1.54, 1.807) is 30.1 Å². The second kappa shape index (κ2) is 12.6. The van der Waals surface area contributed by atoms with Gasteiger partial charge in [0.1, 0.15) is 0 Å². The van der Waals surface area contributed by atoms with Crippen LogP contribution in [0, 0.1) is 0 Å². The average Bonchev–Trinajstić information content (AvgIpc) is 3.15. The number of nitrogens with zero attached hydrogens (tertiary/aromatic N) is 6. The number of aromatic nitrogens is 4. The summed E-state index contributed by atoms with van der Waals surface area (Å²) >= 11 is 0. The molecule has 37 heavy (non-hydrogen) atoms. The predicted octanol–water partition coefficient (Wildman–Crippen LogP) is 1.86. The molecule has 4 heterocycles. The largest absolute Gasteiger partial charge is 0.481 e. The third-order valence-corrected chi connectivity index (χ3v) is 6.37. The number of carbonyl (C=O) groups excluding carboxylic acids is 1. The molecule has 0 radical (unpaired) electrons. The van der Waals surface area contributed by atoms with Gasteiger partial charge in [0.2, 0.25) is 11.8 Å². The summed E-state index contributed by atoms with van der Waals surface area (Å²) in [7, 11) is 3.62. The highest BCUT2D eigenvalue weighted by atomic mass is 16.5. The highest BCUT2D eigenvalue weighted by Crippen LogP contribution is 2.23. The van der Waals surface area contributed by atoms with Crippen molar-refractivity contribution in [2.45, 2.75) is 26.3 Å². The van der Waals surface area contributed by atoms with Gasteiger partial charge in [0, 0.05) is 62.4 Å². The fourth-order valence-electron chi connectivity index (χ4n) is 4.26. The van der Waals surface area contributed by atoms with E-state index in [1.165, 1.54) is 0 Å². The highest BCUT2D eigenvalue weighted by Gasteiger charge is 2.19.